The molecule has 0 radical (unpaired) electrons. The van der Waals surface area contributed by atoms with Crippen molar-refractivity contribution in [2.45, 2.75) is 19.6 Å². The number of carbonyl (C=O) groups is 1. The summed E-state index contributed by atoms with van der Waals surface area (Å²) in [5.74, 6) is 0.609. The van der Waals surface area contributed by atoms with Crippen molar-refractivity contribution in [3.05, 3.63) is 24.0 Å². The van der Waals surface area contributed by atoms with E-state index in [1.165, 1.54) is 7.11 Å². The van der Waals surface area contributed by atoms with Crippen LogP contribution in [0.2, 0.25) is 19.6 Å². The second-order valence-corrected chi connectivity index (χ2v) is 10.4. The molecule has 5 heteroatoms. The van der Waals surface area contributed by atoms with Gasteiger partial charge in [-0.15, -0.1) is 0 Å². The molecule has 2 rings (SSSR count). The largest absolute Gasteiger partial charge is 0.497 e. The summed E-state index contributed by atoms with van der Waals surface area (Å²) in [7, 11) is 1.23. The minimum Gasteiger partial charge on any atom is -0.497 e. The summed E-state index contributed by atoms with van der Waals surface area (Å²) < 4.78 is 15.7. The molecule has 1 aromatic heterocycles. The summed E-state index contributed by atoms with van der Waals surface area (Å²) in [6.45, 7) is 6.52. The van der Waals surface area contributed by atoms with Gasteiger partial charge >= 0.3 is 5.97 Å². The van der Waals surface area contributed by atoms with Gasteiger partial charge in [-0.3, -0.25) is 0 Å². The fourth-order valence-electron chi connectivity index (χ4n) is 2.18. The molecule has 0 bridgehead atoms. The van der Waals surface area contributed by atoms with Crippen molar-refractivity contribution in [1.29, 1.82) is 0 Å². The molecule has 0 aliphatic carbocycles. The molecule has 1 aromatic carbocycles. The van der Waals surface area contributed by atoms with Crippen LogP contribution in [-0.2, 0) is 4.74 Å². The van der Waals surface area contributed by atoms with Gasteiger partial charge in [-0.2, -0.15) is 0 Å². The number of furan rings is 1. The summed E-state index contributed by atoms with van der Waals surface area (Å²) in [6.07, 6.45) is 0. The first-order valence-electron chi connectivity index (χ1n) is 6.08. The van der Waals surface area contributed by atoms with Crippen LogP contribution in [0.5, 0.6) is 5.75 Å². The summed E-state index contributed by atoms with van der Waals surface area (Å²) in [6, 6.07) is 5.62. The zero-order valence-electron chi connectivity index (χ0n) is 11.9. The van der Waals surface area contributed by atoms with Crippen LogP contribution in [0, 0.1) is 0 Å². The highest BCUT2D eigenvalue weighted by molar-refractivity contribution is 6.91. The van der Waals surface area contributed by atoms with Crippen LogP contribution in [0.15, 0.2) is 22.6 Å². The maximum atomic E-state index is 11.9. The molecule has 0 aliphatic heterocycles. The maximum absolute atomic E-state index is 11.9. The van der Waals surface area contributed by atoms with Gasteiger partial charge in [-0.1, -0.05) is 19.6 Å². The second-order valence-electron chi connectivity index (χ2n) is 5.41. The van der Waals surface area contributed by atoms with Crippen molar-refractivity contribution in [3.8, 4) is 5.75 Å². The third-order valence-corrected chi connectivity index (χ3v) is 5.01. The van der Waals surface area contributed by atoms with Gasteiger partial charge in [-0.25, -0.2) is 4.79 Å². The zero-order chi connectivity index (χ0) is 14.2. The number of benzene rings is 1. The normalized spacial score (nSPS) is 11.6. The SMILES string of the molecule is COC(=O)c1oc2cc(OC)ccc2c1[Si](C)(C)C. The smallest absolute Gasteiger partial charge is 0.373 e. The Labute approximate surface area is 113 Å². The predicted molar refractivity (Wildman–Crippen MR) is 77.1 cm³/mol. The lowest BCUT2D eigenvalue weighted by molar-refractivity contribution is 0.0569. The van der Waals surface area contributed by atoms with Crippen molar-refractivity contribution >= 4 is 30.2 Å². The standard InChI is InChI=1S/C14H18O4Si/c1-16-9-6-7-10-11(8-9)18-12(14(15)17-2)13(10)19(3,4)5/h6-8H,1-5H3. The Morgan fingerprint density at radius 1 is 1.21 bits per heavy atom. The van der Waals surface area contributed by atoms with Crippen molar-refractivity contribution in [2.75, 3.05) is 14.2 Å². The number of ether oxygens (including phenoxy) is 2. The van der Waals surface area contributed by atoms with Crippen molar-refractivity contribution in [1.82, 2.24) is 0 Å². The van der Waals surface area contributed by atoms with E-state index in [2.05, 4.69) is 19.6 Å². The zero-order valence-corrected chi connectivity index (χ0v) is 12.9. The number of hydrogen-bond acceptors (Lipinski definition) is 4. The van der Waals surface area contributed by atoms with E-state index in [-0.39, 0.29) is 0 Å². The average molecular weight is 278 g/mol. The van der Waals surface area contributed by atoms with Gasteiger partial charge in [0.25, 0.3) is 0 Å². The van der Waals surface area contributed by atoms with Crippen LogP contribution in [0.1, 0.15) is 10.6 Å². The van der Waals surface area contributed by atoms with Gasteiger partial charge in [0.1, 0.15) is 11.3 Å². The van der Waals surface area contributed by atoms with Gasteiger partial charge in [0.2, 0.25) is 5.76 Å². The molecule has 102 valence electrons. The van der Waals surface area contributed by atoms with Crippen LogP contribution in [-0.4, -0.2) is 28.3 Å². The second kappa shape index (κ2) is 4.73. The van der Waals surface area contributed by atoms with Crippen LogP contribution in [0.3, 0.4) is 0 Å². The first-order valence-corrected chi connectivity index (χ1v) is 9.58. The summed E-state index contributed by atoms with van der Waals surface area (Å²) in [4.78, 5) is 11.9. The molecule has 2 aromatic rings. The lowest BCUT2D eigenvalue weighted by Gasteiger charge is -2.15. The Morgan fingerprint density at radius 3 is 2.42 bits per heavy atom. The number of fused-ring (bicyclic) bond motifs is 1. The van der Waals surface area contributed by atoms with E-state index in [9.17, 15) is 4.79 Å². The Kier molecular flexibility index (Phi) is 3.41. The maximum Gasteiger partial charge on any atom is 0.373 e. The third-order valence-electron chi connectivity index (χ3n) is 3.02. The number of carbonyl (C=O) groups excluding carboxylic acids is 1. The van der Waals surface area contributed by atoms with E-state index in [0.717, 1.165) is 10.6 Å². The molecule has 0 aliphatic rings. The van der Waals surface area contributed by atoms with E-state index in [0.29, 0.717) is 17.1 Å². The highest BCUT2D eigenvalue weighted by atomic mass is 28.3. The third kappa shape index (κ3) is 2.38. The molecule has 0 saturated carbocycles. The number of methoxy groups -OCH3 is 2. The minimum atomic E-state index is -1.73. The summed E-state index contributed by atoms with van der Waals surface area (Å²) in [5.41, 5.74) is 0.664. The molecule has 0 unspecified atom stereocenters. The molecule has 0 amide bonds. The fourth-order valence-corrected chi connectivity index (χ4v) is 4.03. The average Bonchev–Trinajstić information content (AvgIpc) is 2.75. The van der Waals surface area contributed by atoms with Gasteiger partial charge in [0.15, 0.2) is 0 Å². The van der Waals surface area contributed by atoms with Crippen LogP contribution in [0.4, 0.5) is 0 Å². The molecular formula is C14H18O4Si. The number of hydrogen-bond donors (Lipinski definition) is 0. The van der Waals surface area contributed by atoms with E-state index in [1.807, 2.05) is 12.1 Å². The molecular weight excluding hydrogens is 260 g/mol. The predicted octanol–water partition coefficient (Wildman–Crippen LogP) is 2.77. The molecule has 0 saturated heterocycles. The van der Waals surface area contributed by atoms with E-state index in [1.54, 1.807) is 13.2 Å². The molecule has 0 spiro atoms. The molecule has 1 heterocycles. The highest BCUT2D eigenvalue weighted by Gasteiger charge is 2.30. The first kappa shape index (κ1) is 13.7. The number of esters is 1. The summed E-state index contributed by atoms with van der Waals surface area (Å²) in [5, 5.41) is 1.97. The van der Waals surface area contributed by atoms with Gasteiger partial charge in [0.05, 0.1) is 22.3 Å². The molecule has 4 nitrogen and oxygen atoms in total. The van der Waals surface area contributed by atoms with Crippen molar-refractivity contribution in [2.24, 2.45) is 0 Å². The van der Waals surface area contributed by atoms with E-state index < -0.39 is 14.0 Å². The van der Waals surface area contributed by atoms with E-state index >= 15 is 0 Å². The number of rotatable bonds is 3. The molecule has 0 atom stereocenters. The van der Waals surface area contributed by atoms with Gasteiger partial charge in [-0.05, 0) is 17.3 Å². The van der Waals surface area contributed by atoms with Gasteiger partial charge < -0.3 is 13.9 Å². The van der Waals surface area contributed by atoms with Gasteiger partial charge in [0, 0.05) is 11.5 Å². The Balaban J connectivity index is 2.76. The van der Waals surface area contributed by atoms with Crippen LogP contribution < -0.4 is 9.92 Å². The lowest BCUT2D eigenvalue weighted by atomic mass is 10.2. The Bertz CT molecular complexity index is 622. The van der Waals surface area contributed by atoms with Crippen LogP contribution in [0.25, 0.3) is 11.0 Å². The quantitative estimate of drug-likeness (QED) is 0.640. The Morgan fingerprint density at radius 2 is 1.89 bits per heavy atom. The molecule has 19 heavy (non-hydrogen) atoms. The molecule has 0 fully saturated rings. The van der Waals surface area contributed by atoms with E-state index in [4.69, 9.17) is 13.9 Å². The first-order chi connectivity index (χ1) is 8.88. The van der Waals surface area contributed by atoms with Crippen molar-refractivity contribution in [3.63, 3.8) is 0 Å². The Hall–Kier alpha value is -1.75. The van der Waals surface area contributed by atoms with Crippen molar-refractivity contribution < 1.29 is 18.7 Å². The lowest BCUT2D eigenvalue weighted by Crippen LogP contribution is -2.40. The summed E-state index contributed by atoms with van der Waals surface area (Å²) >= 11 is 0. The highest BCUT2D eigenvalue weighted by Crippen LogP contribution is 2.26. The molecule has 0 N–H and O–H groups in total. The minimum absolute atomic E-state index is 0.324. The monoisotopic (exact) mass is 278 g/mol. The van der Waals surface area contributed by atoms with Crippen LogP contribution >= 0.6 is 0 Å². The topological polar surface area (TPSA) is 48.7 Å². The fraction of sp³-hybridized carbons (Fsp3) is 0.357.